The second-order valence-corrected chi connectivity index (χ2v) is 4.18. The van der Waals surface area contributed by atoms with E-state index in [1.165, 1.54) is 0 Å². The molecule has 1 amide bonds. The van der Waals surface area contributed by atoms with Crippen LogP contribution in [0.5, 0.6) is 0 Å². The van der Waals surface area contributed by atoms with E-state index in [0.29, 0.717) is 12.2 Å². The van der Waals surface area contributed by atoms with Crippen molar-refractivity contribution in [3.8, 4) is 0 Å². The summed E-state index contributed by atoms with van der Waals surface area (Å²) in [5.41, 5.74) is 0. The lowest BCUT2D eigenvalue weighted by molar-refractivity contribution is -0.142. The lowest BCUT2D eigenvalue weighted by atomic mass is 10.2. The standard InChI is InChI=1S/C9H18N2O3S/c1-6(10-2)8(12)11-7(9(13)14)4-5-15-3/h6-7,10H,4-5H2,1-3H3,(H,11,12)(H,13,14)/t6?,7-/m1/s1. The minimum Gasteiger partial charge on any atom is -0.480 e. The molecule has 0 aromatic rings. The number of aliphatic carboxylic acids is 1. The van der Waals surface area contributed by atoms with Gasteiger partial charge in [0.05, 0.1) is 6.04 Å². The van der Waals surface area contributed by atoms with Crippen molar-refractivity contribution in [1.29, 1.82) is 0 Å². The SMILES string of the molecule is CNC(C)C(=O)N[C@H](CCSC)C(=O)O. The molecule has 0 saturated heterocycles. The van der Waals surface area contributed by atoms with Gasteiger partial charge in [-0.25, -0.2) is 4.79 Å². The summed E-state index contributed by atoms with van der Waals surface area (Å²) in [5.74, 6) is -0.558. The predicted molar refractivity (Wildman–Crippen MR) is 61.1 cm³/mol. The van der Waals surface area contributed by atoms with Gasteiger partial charge >= 0.3 is 5.97 Å². The molecule has 0 heterocycles. The monoisotopic (exact) mass is 234 g/mol. The molecule has 0 saturated carbocycles. The summed E-state index contributed by atoms with van der Waals surface area (Å²) in [7, 11) is 1.65. The Bertz CT molecular complexity index is 223. The van der Waals surface area contributed by atoms with Gasteiger partial charge in [0.1, 0.15) is 6.04 Å². The highest BCUT2D eigenvalue weighted by molar-refractivity contribution is 7.98. The Morgan fingerprint density at radius 1 is 1.47 bits per heavy atom. The fraction of sp³-hybridized carbons (Fsp3) is 0.778. The third-order valence-corrected chi connectivity index (χ3v) is 2.70. The molecule has 0 fully saturated rings. The summed E-state index contributed by atoms with van der Waals surface area (Å²) >= 11 is 1.56. The van der Waals surface area contributed by atoms with Crippen molar-refractivity contribution >= 4 is 23.6 Å². The average molecular weight is 234 g/mol. The molecule has 0 aromatic heterocycles. The molecule has 0 spiro atoms. The van der Waals surface area contributed by atoms with Crippen molar-refractivity contribution in [2.24, 2.45) is 0 Å². The Kier molecular flexibility index (Phi) is 7.15. The fourth-order valence-electron chi connectivity index (χ4n) is 0.921. The van der Waals surface area contributed by atoms with Gasteiger partial charge in [0, 0.05) is 0 Å². The van der Waals surface area contributed by atoms with Crippen molar-refractivity contribution in [2.45, 2.75) is 25.4 Å². The number of thioether (sulfide) groups is 1. The highest BCUT2D eigenvalue weighted by atomic mass is 32.2. The van der Waals surface area contributed by atoms with Gasteiger partial charge in [0.15, 0.2) is 0 Å². The zero-order valence-corrected chi connectivity index (χ0v) is 10.1. The Labute approximate surface area is 94.0 Å². The van der Waals surface area contributed by atoms with Crippen molar-refractivity contribution in [1.82, 2.24) is 10.6 Å². The number of carbonyl (C=O) groups is 2. The van der Waals surface area contributed by atoms with Gasteiger partial charge in [-0.1, -0.05) is 0 Å². The normalized spacial score (nSPS) is 14.3. The molecule has 0 radical (unpaired) electrons. The minimum atomic E-state index is -0.985. The van der Waals surface area contributed by atoms with Crippen LogP contribution in [0.4, 0.5) is 0 Å². The summed E-state index contributed by atoms with van der Waals surface area (Å²) in [6.07, 6.45) is 2.34. The average Bonchev–Trinajstić information content (AvgIpc) is 2.22. The quantitative estimate of drug-likeness (QED) is 0.574. The van der Waals surface area contributed by atoms with Crippen LogP contribution >= 0.6 is 11.8 Å². The number of hydrogen-bond acceptors (Lipinski definition) is 4. The lowest BCUT2D eigenvalue weighted by Gasteiger charge is -2.16. The molecule has 0 aliphatic rings. The van der Waals surface area contributed by atoms with Gasteiger partial charge < -0.3 is 15.7 Å². The van der Waals surface area contributed by atoms with Crippen molar-refractivity contribution in [3.63, 3.8) is 0 Å². The molecule has 0 rings (SSSR count). The van der Waals surface area contributed by atoms with E-state index in [4.69, 9.17) is 5.11 Å². The molecular weight excluding hydrogens is 216 g/mol. The Balaban J connectivity index is 4.16. The summed E-state index contributed by atoms with van der Waals surface area (Å²) < 4.78 is 0. The van der Waals surface area contributed by atoms with Crippen LogP contribution in [0.1, 0.15) is 13.3 Å². The van der Waals surface area contributed by atoms with E-state index in [0.717, 1.165) is 0 Å². The first-order chi connectivity index (χ1) is 7.02. The number of nitrogens with one attached hydrogen (secondary N) is 2. The van der Waals surface area contributed by atoms with Crippen LogP contribution in [0.25, 0.3) is 0 Å². The number of carboxylic acid groups (broad SMARTS) is 1. The first-order valence-corrected chi connectivity index (χ1v) is 6.11. The van der Waals surface area contributed by atoms with E-state index < -0.39 is 12.0 Å². The second kappa shape index (κ2) is 7.53. The van der Waals surface area contributed by atoms with E-state index in [9.17, 15) is 9.59 Å². The predicted octanol–water partition coefficient (Wildman–Crippen LogP) is -0.0832. The van der Waals surface area contributed by atoms with Crippen LogP contribution in [0.3, 0.4) is 0 Å². The van der Waals surface area contributed by atoms with Crippen molar-refractivity contribution in [3.05, 3.63) is 0 Å². The topological polar surface area (TPSA) is 78.4 Å². The number of rotatable bonds is 7. The molecule has 0 bridgehead atoms. The first kappa shape index (κ1) is 14.2. The Morgan fingerprint density at radius 3 is 2.47 bits per heavy atom. The van der Waals surface area contributed by atoms with E-state index >= 15 is 0 Å². The summed E-state index contributed by atoms with van der Waals surface area (Å²) in [4.78, 5) is 22.2. The maximum atomic E-state index is 11.4. The number of carbonyl (C=O) groups excluding carboxylic acids is 1. The smallest absolute Gasteiger partial charge is 0.326 e. The van der Waals surface area contributed by atoms with Gasteiger partial charge in [-0.15, -0.1) is 0 Å². The number of hydrogen-bond donors (Lipinski definition) is 3. The number of carboxylic acids is 1. The zero-order chi connectivity index (χ0) is 11.8. The summed E-state index contributed by atoms with van der Waals surface area (Å²) in [6.45, 7) is 1.68. The summed E-state index contributed by atoms with van der Waals surface area (Å²) in [5, 5.41) is 14.1. The molecule has 6 heteroatoms. The second-order valence-electron chi connectivity index (χ2n) is 3.19. The van der Waals surface area contributed by atoms with E-state index in [-0.39, 0.29) is 11.9 Å². The van der Waals surface area contributed by atoms with Crippen LogP contribution in [0, 0.1) is 0 Å². The zero-order valence-electron chi connectivity index (χ0n) is 9.24. The van der Waals surface area contributed by atoms with Gasteiger partial charge in [-0.05, 0) is 32.4 Å². The van der Waals surface area contributed by atoms with E-state index in [2.05, 4.69) is 10.6 Å². The van der Waals surface area contributed by atoms with Gasteiger partial charge in [-0.2, -0.15) is 11.8 Å². The maximum absolute atomic E-state index is 11.4. The molecule has 0 aliphatic heterocycles. The van der Waals surface area contributed by atoms with Gasteiger partial charge in [-0.3, -0.25) is 4.79 Å². The number of amides is 1. The fourth-order valence-corrected chi connectivity index (χ4v) is 1.39. The van der Waals surface area contributed by atoms with Crippen LogP contribution in [-0.2, 0) is 9.59 Å². The van der Waals surface area contributed by atoms with E-state index in [1.807, 2.05) is 6.26 Å². The van der Waals surface area contributed by atoms with Crippen molar-refractivity contribution in [2.75, 3.05) is 19.1 Å². The van der Waals surface area contributed by atoms with Crippen molar-refractivity contribution < 1.29 is 14.7 Å². The maximum Gasteiger partial charge on any atom is 0.326 e. The molecule has 2 atom stereocenters. The summed E-state index contributed by atoms with van der Waals surface area (Å²) in [6, 6.07) is -1.16. The molecular formula is C9H18N2O3S. The molecule has 3 N–H and O–H groups in total. The molecule has 0 aliphatic carbocycles. The van der Waals surface area contributed by atoms with Crippen LogP contribution in [0.2, 0.25) is 0 Å². The van der Waals surface area contributed by atoms with Gasteiger partial charge in [0.25, 0.3) is 0 Å². The molecule has 5 nitrogen and oxygen atoms in total. The number of likely N-dealkylation sites (N-methyl/N-ethyl adjacent to an activating group) is 1. The third-order valence-electron chi connectivity index (χ3n) is 2.05. The molecule has 15 heavy (non-hydrogen) atoms. The third kappa shape index (κ3) is 5.64. The van der Waals surface area contributed by atoms with Crippen LogP contribution in [-0.4, -0.2) is 48.1 Å². The van der Waals surface area contributed by atoms with Crippen LogP contribution < -0.4 is 10.6 Å². The van der Waals surface area contributed by atoms with Gasteiger partial charge in [0.2, 0.25) is 5.91 Å². The highest BCUT2D eigenvalue weighted by Gasteiger charge is 2.21. The lowest BCUT2D eigenvalue weighted by Crippen LogP contribution is -2.48. The Hall–Kier alpha value is -0.750. The Morgan fingerprint density at radius 2 is 2.07 bits per heavy atom. The molecule has 0 aromatic carbocycles. The largest absolute Gasteiger partial charge is 0.480 e. The molecule has 1 unspecified atom stereocenters. The first-order valence-electron chi connectivity index (χ1n) is 4.72. The highest BCUT2D eigenvalue weighted by Crippen LogP contribution is 2.01. The molecule has 88 valence electrons. The minimum absolute atomic E-state index is 0.286. The van der Waals surface area contributed by atoms with E-state index in [1.54, 1.807) is 25.7 Å². The van der Waals surface area contributed by atoms with Crippen LogP contribution in [0.15, 0.2) is 0 Å².